The van der Waals surface area contributed by atoms with Gasteiger partial charge in [0.15, 0.2) is 11.5 Å². The van der Waals surface area contributed by atoms with E-state index in [4.69, 9.17) is 0 Å². The molecule has 0 aromatic heterocycles. The smallest absolute Gasteiger partial charge is 0.395 e. The van der Waals surface area contributed by atoms with Crippen molar-refractivity contribution in [2.24, 2.45) is 0 Å². The van der Waals surface area contributed by atoms with Gasteiger partial charge in [-0.15, -0.1) is 8.78 Å². The minimum Gasteiger partial charge on any atom is -0.395 e. The number of carbonyl (C=O) groups is 1. The lowest BCUT2D eigenvalue weighted by Gasteiger charge is -2.07. The van der Waals surface area contributed by atoms with Gasteiger partial charge >= 0.3 is 6.29 Å². The standard InChI is InChI=1S/C8H6F2N2O3/c9-8(10)14-6-3-1-2-5(7(6)15-8)12-11-4-13/h1-4,12H,(H,11,13). The average molecular weight is 216 g/mol. The van der Waals surface area contributed by atoms with E-state index in [-0.39, 0.29) is 17.2 Å². The van der Waals surface area contributed by atoms with Gasteiger partial charge in [-0.3, -0.25) is 15.6 Å². The van der Waals surface area contributed by atoms with Crippen LogP contribution in [0.5, 0.6) is 11.5 Å². The average Bonchev–Trinajstić information content (AvgIpc) is 2.49. The Morgan fingerprint density at radius 1 is 1.33 bits per heavy atom. The number of hydrogen-bond acceptors (Lipinski definition) is 4. The number of carbonyl (C=O) groups excluding carboxylic acids is 1. The van der Waals surface area contributed by atoms with Gasteiger partial charge in [0, 0.05) is 0 Å². The van der Waals surface area contributed by atoms with E-state index in [1.165, 1.54) is 18.2 Å². The molecule has 5 nitrogen and oxygen atoms in total. The van der Waals surface area contributed by atoms with Gasteiger partial charge in [-0.25, -0.2) is 0 Å². The van der Waals surface area contributed by atoms with E-state index in [1.807, 2.05) is 0 Å². The highest BCUT2D eigenvalue weighted by molar-refractivity contribution is 5.66. The summed E-state index contributed by atoms with van der Waals surface area (Å²) in [7, 11) is 0. The second-order valence-electron chi connectivity index (χ2n) is 2.69. The van der Waals surface area contributed by atoms with Crippen molar-refractivity contribution in [2.75, 3.05) is 5.43 Å². The van der Waals surface area contributed by atoms with Crippen LogP contribution in [-0.4, -0.2) is 12.7 Å². The fraction of sp³-hybridized carbons (Fsp3) is 0.125. The summed E-state index contributed by atoms with van der Waals surface area (Å²) in [6.07, 6.45) is -3.30. The van der Waals surface area contributed by atoms with Crippen molar-refractivity contribution in [1.82, 2.24) is 5.43 Å². The van der Waals surface area contributed by atoms with Gasteiger partial charge in [0.1, 0.15) is 5.69 Å². The molecule has 0 fully saturated rings. The summed E-state index contributed by atoms with van der Waals surface area (Å²) in [4.78, 5) is 10.0. The number of benzene rings is 1. The second kappa shape index (κ2) is 3.26. The molecule has 1 aromatic rings. The molecule has 0 radical (unpaired) electrons. The first kappa shape index (κ1) is 9.50. The molecule has 0 saturated carbocycles. The van der Waals surface area contributed by atoms with Crippen molar-refractivity contribution < 1.29 is 23.0 Å². The molecule has 15 heavy (non-hydrogen) atoms. The summed E-state index contributed by atoms with van der Waals surface area (Å²) in [6, 6.07) is 4.28. The van der Waals surface area contributed by atoms with E-state index >= 15 is 0 Å². The Balaban J connectivity index is 2.29. The van der Waals surface area contributed by atoms with E-state index in [9.17, 15) is 13.6 Å². The van der Waals surface area contributed by atoms with Crippen LogP contribution in [0.15, 0.2) is 18.2 Å². The first-order chi connectivity index (χ1) is 7.12. The summed E-state index contributed by atoms with van der Waals surface area (Å²) in [5.74, 6) is -0.227. The molecule has 1 aliphatic heterocycles. The van der Waals surface area contributed by atoms with Gasteiger partial charge in [0.25, 0.3) is 0 Å². The molecule has 0 aliphatic carbocycles. The van der Waals surface area contributed by atoms with Crippen LogP contribution >= 0.6 is 0 Å². The van der Waals surface area contributed by atoms with Gasteiger partial charge in [-0.2, -0.15) is 0 Å². The van der Waals surface area contributed by atoms with Crippen molar-refractivity contribution in [3.63, 3.8) is 0 Å². The molecule has 1 amide bonds. The Bertz CT molecular complexity index is 397. The minimum absolute atomic E-state index is 0.0855. The highest BCUT2D eigenvalue weighted by Gasteiger charge is 2.44. The first-order valence-corrected chi connectivity index (χ1v) is 3.96. The molecule has 0 unspecified atom stereocenters. The molecule has 1 heterocycles. The van der Waals surface area contributed by atoms with Crippen LogP contribution < -0.4 is 20.3 Å². The number of nitrogens with one attached hydrogen (secondary N) is 2. The fourth-order valence-corrected chi connectivity index (χ4v) is 1.17. The zero-order valence-electron chi connectivity index (χ0n) is 7.29. The highest BCUT2D eigenvalue weighted by Crippen LogP contribution is 2.45. The van der Waals surface area contributed by atoms with Gasteiger partial charge in [0.2, 0.25) is 6.41 Å². The molecule has 0 atom stereocenters. The number of ether oxygens (including phenoxy) is 2. The predicted octanol–water partition coefficient (Wildman–Crippen LogP) is 1.08. The molecule has 7 heteroatoms. The third kappa shape index (κ3) is 1.76. The van der Waals surface area contributed by atoms with Crippen LogP contribution in [0.4, 0.5) is 14.5 Å². The molecule has 0 saturated heterocycles. The van der Waals surface area contributed by atoms with E-state index < -0.39 is 6.29 Å². The Kier molecular flexibility index (Phi) is 2.07. The Labute approximate surface area is 82.9 Å². The number of hydrazine groups is 1. The van der Waals surface area contributed by atoms with Crippen molar-refractivity contribution in [3.8, 4) is 11.5 Å². The molecule has 1 aromatic carbocycles. The topological polar surface area (TPSA) is 59.6 Å². The number of halogens is 2. The normalized spacial score (nSPS) is 15.9. The molecule has 1 aliphatic rings. The molecule has 0 bridgehead atoms. The van der Waals surface area contributed by atoms with Gasteiger partial charge < -0.3 is 9.47 Å². The summed E-state index contributed by atoms with van der Waals surface area (Å²) >= 11 is 0. The maximum Gasteiger partial charge on any atom is 0.586 e. The molecular formula is C8H6F2N2O3. The summed E-state index contributed by atoms with van der Waals surface area (Å²) < 4.78 is 33.8. The zero-order chi connectivity index (χ0) is 10.9. The van der Waals surface area contributed by atoms with E-state index in [0.29, 0.717) is 6.41 Å². The molecular weight excluding hydrogens is 210 g/mol. The molecule has 2 N–H and O–H groups in total. The van der Waals surface area contributed by atoms with Gasteiger partial charge in [-0.05, 0) is 12.1 Å². The maximum atomic E-state index is 12.7. The minimum atomic E-state index is -3.67. The number of fused-ring (bicyclic) bond motifs is 1. The third-order valence-electron chi connectivity index (χ3n) is 1.69. The molecule has 80 valence electrons. The van der Waals surface area contributed by atoms with Crippen molar-refractivity contribution in [2.45, 2.75) is 6.29 Å². The SMILES string of the molecule is O=CNNc1cccc2c1OC(F)(F)O2. The van der Waals surface area contributed by atoms with Crippen LogP contribution in [0.25, 0.3) is 0 Å². The Hall–Kier alpha value is -2.05. The van der Waals surface area contributed by atoms with Crippen LogP contribution in [0.1, 0.15) is 0 Å². The van der Waals surface area contributed by atoms with Crippen LogP contribution in [-0.2, 0) is 4.79 Å². The van der Waals surface area contributed by atoms with Crippen LogP contribution in [0, 0.1) is 0 Å². The van der Waals surface area contributed by atoms with Crippen molar-refractivity contribution in [1.29, 1.82) is 0 Å². The maximum absolute atomic E-state index is 12.7. The number of amides is 1. The van der Waals surface area contributed by atoms with Crippen molar-refractivity contribution in [3.05, 3.63) is 18.2 Å². The number of alkyl halides is 2. The summed E-state index contributed by atoms with van der Waals surface area (Å²) in [6.45, 7) is 0. The summed E-state index contributed by atoms with van der Waals surface area (Å²) in [5, 5.41) is 0. The van der Waals surface area contributed by atoms with Crippen LogP contribution in [0.3, 0.4) is 0 Å². The van der Waals surface area contributed by atoms with Gasteiger partial charge in [-0.1, -0.05) is 6.07 Å². The van der Waals surface area contributed by atoms with Crippen molar-refractivity contribution >= 4 is 12.1 Å². The lowest BCUT2D eigenvalue weighted by molar-refractivity contribution is -0.286. The zero-order valence-corrected chi connectivity index (χ0v) is 7.29. The third-order valence-corrected chi connectivity index (χ3v) is 1.69. The van der Waals surface area contributed by atoms with E-state index in [0.717, 1.165) is 0 Å². The first-order valence-electron chi connectivity index (χ1n) is 3.96. The number of para-hydroxylation sites is 1. The molecule has 0 spiro atoms. The quantitative estimate of drug-likeness (QED) is 0.586. The fourth-order valence-electron chi connectivity index (χ4n) is 1.17. The lowest BCUT2D eigenvalue weighted by atomic mass is 10.3. The van der Waals surface area contributed by atoms with Crippen LogP contribution in [0.2, 0.25) is 0 Å². The number of anilines is 1. The second-order valence-corrected chi connectivity index (χ2v) is 2.69. The van der Waals surface area contributed by atoms with E-state index in [2.05, 4.69) is 20.3 Å². The van der Waals surface area contributed by atoms with E-state index in [1.54, 1.807) is 0 Å². The molecule has 2 rings (SSSR count). The summed E-state index contributed by atoms with van der Waals surface area (Å²) in [5.41, 5.74) is 4.68. The monoisotopic (exact) mass is 216 g/mol. The Morgan fingerprint density at radius 3 is 2.87 bits per heavy atom. The largest absolute Gasteiger partial charge is 0.586 e. The highest BCUT2D eigenvalue weighted by atomic mass is 19.3. The predicted molar refractivity (Wildman–Crippen MR) is 45.5 cm³/mol. The number of hydrogen-bond donors (Lipinski definition) is 2. The lowest BCUT2D eigenvalue weighted by Crippen LogP contribution is -2.26. The Morgan fingerprint density at radius 2 is 2.13 bits per heavy atom. The number of rotatable bonds is 3. The van der Waals surface area contributed by atoms with Gasteiger partial charge in [0.05, 0.1) is 0 Å².